The summed E-state index contributed by atoms with van der Waals surface area (Å²) in [7, 11) is 1.72. The van der Waals surface area contributed by atoms with E-state index >= 15 is 0 Å². The Bertz CT molecular complexity index is 132. The van der Waals surface area contributed by atoms with Crippen LogP contribution in [-0.4, -0.2) is 24.9 Å². The molecule has 0 heterocycles. The predicted octanol–water partition coefficient (Wildman–Crippen LogP) is 2.91. The molecule has 0 aliphatic rings. The van der Waals surface area contributed by atoms with Gasteiger partial charge in [-0.3, -0.25) is 0 Å². The highest BCUT2D eigenvalue weighted by molar-refractivity contribution is 4.88. The van der Waals surface area contributed by atoms with Crippen molar-refractivity contribution in [3.8, 4) is 0 Å². The van der Waals surface area contributed by atoms with Gasteiger partial charge in [-0.25, -0.2) is 0 Å². The highest BCUT2D eigenvalue weighted by Gasteiger charge is 2.01. The lowest BCUT2D eigenvalue weighted by Gasteiger charge is -2.10. The summed E-state index contributed by atoms with van der Waals surface area (Å²) in [6.07, 6.45) is 11.4. The number of aliphatic hydroxyl groups is 1. The van der Waals surface area contributed by atoms with E-state index in [0.29, 0.717) is 0 Å². The molecule has 0 spiro atoms. The van der Waals surface area contributed by atoms with Crippen molar-refractivity contribution in [2.45, 2.75) is 51.6 Å². The van der Waals surface area contributed by atoms with Gasteiger partial charge >= 0.3 is 0 Å². The summed E-state index contributed by atoms with van der Waals surface area (Å²) in [5, 5.41) is 8.61. The van der Waals surface area contributed by atoms with E-state index < -0.39 is 0 Å². The monoisotopic (exact) mass is 200 g/mol. The smallest absolute Gasteiger partial charge is 0.0752 e. The summed E-state index contributed by atoms with van der Waals surface area (Å²) in [6, 6.07) is 0. The summed E-state index contributed by atoms with van der Waals surface area (Å²) < 4.78 is 5.26. The van der Waals surface area contributed by atoms with Gasteiger partial charge in [0, 0.05) is 7.11 Å². The Morgan fingerprint density at radius 2 is 1.93 bits per heavy atom. The van der Waals surface area contributed by atoms with Crippen molar-refractivity contribution < 1.29 is 9.84 Å². The van der Waals surface area contributed by atoms with Crippen LogP contribution in [0.1, 0.15) is 45.4 Å². The molecule has 0 saturated heterocycles. The van der Waals surface area contributed by atoms with Crippen LogP contribution in [0.3, 0.4) is 0 Å². The van der Waals surface area contributed by atoms with E-state index in [1.807, 2.05) is 6.08 Å². The zero-order chi connectivity index (χ0) is 10.6. The van der Waals surface area contributed by atoms with Crippen molar-refractivity contribution in [1.82, 2.24) is 0 Å². The summed E-state index contributed by atoms with van der Waals surface area (Å²) in [6.45, 7) is 2.33. The quantitative estimate of drug-likeness (QED) is 0.458. The Labute approximate surface area is 88.0 Å². The average Bonchev–Trinajstić information content (AvgIpc) is 2.22. The second-order valence-electron chi connectivity index (χ2n) is 3.59. The van der Waals surface area contributed by atoms with E-state index in [1.165, 1.54) is 32.1 Å². The number of unbranched alkanes of at least 4 members (excludes halogenated alkanes) is 4. The first-order chi connectivity index (χ1) is 6.85. The van der Waals surface area contributed by atoms with Crippen LogP contribution in [0.25, 0.3) is 0 Å². The van der Waals surface area contributed by atoms with Gasteiger partial charge in [-0.15, -0.1) is 0 Å². The molecule has 1 N–H and O–H groups in total. The van der Waals surface area contributed by atoms with Gasteiger partial charge in [0.15, 0.2) is 0 Å². The molecule has 0 unspecified atom stereocenters. The van der Waals surface area contributed by atoms with E-state index in [2.05, 4.69) is 6.92 Å². The minimum Gasteiger partial charge on any atom is -0.392 e. The zero-order valence-electron chi connectivity index (χ0n) is 9.54. The topological polar surface area (TPSA) is 29.5 Å². The Kier molecular flexibility index (Phi) is 10.5. The number of methoxy groups -OCH3 is 1. The van der Waals surface area contributed by atoms with E-state index in [-0.39, 0.29) is 12.7 Å². The van der Waals surface area contributed by atoms with Gasteiger partial charge < -0.3 is 9.84 Å². The van der Waals surface area contributed by atoms with E-state index in [4.69, 9.17) is 9.84 Å². The van der Waals surface area contributed by atoms with Crippen molar-refractivity contribution >= 4 is 0 Å². The fraction of sp³-hybridized carbons (Fsp3) is 0.833. The maximum absolute atomic E-state index is 8.61. The molecule has 0 fully saturated rings. The second-order valence-corrected chi connectivity index (χ2v) is 3.59. The Morgan fingerprint density at radius 3 is 2.50 bits per heavy atom. The molecule has 0 aromatic heterocycles. The fourth-order valence-corrected chi connectivity index (χ4v) is 1.45. The van der Waals surface area contributed by atoms with Gasteiger partial charge in [0.2, 0.25) is 0 Å². The molecule has 84 valence electrons. The summed E-state index contributed by atoms with van der Waals surface area (Å²) in [4.78, 5) is 0. The maximum atomic E-state index is 8.61. The number of ether oxygens (including phenoxy) is 1. The lowest BCUT2D eigenvalue weighted by Crippen LogP contribution is -2.06. The SMILES string of the molecule is CCCCCCC[C@H](/C=C/CO)OC. The highest BCUT2D eigenvalue weighted by Crippen LogP contribution is 2.09. The number of hydrogen-bond donors (Lipinski definition) is 1. The van der Waals surface area contributed by atoms with Crippen molar-refractivity contribution in [1.29, 1.82) is 0 Å². The van der Waals surface area contributed by atoms with Crippen LogP contribution in [0.5, 0.6) is 0 Å². The first-order valence-electron chi connectivity index (χ1n) is 5.65. The molecule has 0 radical (unpaired) electrons. The highest BCUT2D eigenvalue weighted by atomic mass is 16.5. The molecule has 0 bridgehead atoms. The lowest BCUT2D eigenvalue weighted by atomic mass is 10.1. The molecule has 0 rings (SSSR count). The maximum Gasteiger partial charge on any atom is 0.0752 e. The van der Waals surface area contributed by atoms with Gasteiger partial charge in [0.25, 0.3) is 0 Å². The molecule has 2 nitrogen and oxygen atoms in total. The molecule has 0 aliphatic carbocycles. The molecule has 2 heteroatoms. The molecule has 14 heavy (non-hydrogen) atoms. The molecule has 0 aliphatic heterocycles. The Balaban J connectivity index is 3.38. The largest absolute Gasteiger partial charge is 0.392 e. The van der Waals surface area contributed by atoms with Crippen LogP contribution in [-0.2, 0) is 4.74 Å². The second kappa shape index (κ2) is 10.7. The van der Waals surface area contributed by atoms with Gasteiger partial charge in [0.1, 0.15) is 0 Å². The van der Waals surface area contributed by atoms with Gasteiger partial charge in [-0.1, -0.05) is 51.2 Å². The van der Waals surface area contributed by atoms with Crippen LogP contribution in [0.4, 0.5) is 0 Å². The van der Waals surface area contributed by atoms with Gasteiger partial charge in [-0.05, 0) is 6.42 Å². The van der Waals surface area contributed by atoms with Gasteiger partial charge in [0.05, 0.1) is 12.7 Å². The van der Waals surface area contributed by atoms with Crippen molar-refractivity contribution in [2.24, 2.45) is 0 Å². The summed E-state index contributed by atoms with van der Waals surface area (Å²) in [5.74, 6) is 0. The van der Waals surface area contributed by atoms with Crippen LogP contribution in [0.15, 0.2) is 12.2 Å². The predicted molar refractivity (Wildman–Crippen MR) is 60.4 cm³/mol. The van der Waals surface area contributed by atoms with E-state index in [0.717, 1.165) is 6.42 Å². The van der Waals surface area contributed by atoms with Crippen LogP contribution < -0.4 is 0 Å². The lowest BCUT2D eigenvalue weighted by molar-refractivity contribution is 0.130. The third-order valence-corrected chi connectivity index (χ3v) is 2.35. The van der Waals surface area contributed by atoms with Crippen molar-refractivity contribution in [3.05, 3.63) is 12.2 Å². The van der Waals surface area contributed by atoms with Crippen molar-refractivity contribution in [3.63, 3.8) is 0 Å². The Morgan fingerprint density at radius 1 is 1.21 bits per heavy atom. The van der Waals surface area contributed by atoms with Crippen LogP contribution in [0, 0.1) is 0 Å². The number of rotatable bonds is 9. The molecule has 1 atom stereocenters. The van der Waals surface area contributed by atoms with E-state index in [1.54, 1.807) is 13.2 Å². The zero-order valence-corrected chi connectivity index (χ0v) is 9.54. The van der Waals surface area contributed by atoms with Crippen LogP contribution >= 0.6 is 0 Å². The first-order valence-corrected chi connectivity index (χ1v) is 5.65. The normalized spacial score (nSPS) is 13.6. The van der Waals surface area contributed by atoms with E-state index in [9.17, 15) is 0 Å². The molecular formula is C12H24O2. The molecule has 0 amide bonds. The fourth-order valence-electron chi connectivity index (χ4n) is 1.45. The molecule has 0 aromatic rings. The number of hydrogen-bond acceptors (Lipinski definition) is 2. The molecule has 0 aromatic carbocycles. The average molecular weight is 200 g/mol. The molecule has 0 saturated carbocycles. The third-order valence-electron chi connectivity index (χ3n) is 2.35. The minimum atomic E-state index is 0.107. The standard InChI is InChI=1S/C12H24O2/c1-3-4-5-6-7-9-12(14-2)10-8-11-13/h8,10,12-13H,3-7,9,11H2,1-2H3/b10-8+/t12-/m1/s1. The summed E-state index contributed by atoms with van der Waals surface area (Å²) in [5.41, 5.74) is 0. The van der Waals surface area contributed by atoms with Crippen molar-refractivity contribution in [2.75, 3.05) is 13.7 Å². The first kappa shape index (κ1) is 13.7. The van der Waals surface area contributed by atoms with Crippen LogP contribution in [0.2, 0.25) is 0 Å². The number of aliphatic hydroxyl groups excluding tert-OH is 1. The minimum absolute atomic E-state index is 0.107. The molecular weight excluding hydrogens is 176 g/mol. The Hall–Kier alpha value is -0.340. The van der Waals surface area contributed by atoms with Gasteiger partial charge in [-0.2, -0.15) is 0 Å². The summed E-state index contributed by atoms with van der Waals surface area (Å²) >= 11 is 0. The third kappa shape index (κ3) is 8.27.